The number of rotatable bonds is 2. The van der Waals surface area contributed by atoms with Crippen LogP contribution in [0.2, 0.25) is 0 Å². The highest BCUT2D eigenvalue weighted by Gasteiger charge is 2.57. The first kappa shape index (κ1) is 16.3. The van der Waals surface area contributed by atoms with Crippen molar-refractivity contribution in [3.05, 3.63) is 24.3 Å². The Bertz CT molecular complexity index is 496. The molecule has 124 valence electrons. The molecule has 2 nitrogen and oxygen atoms in total. The summed E-state index contributed by atoms with van der Waals surface area (Å²) in [6.45, 7) is 11.1. The van der Waals surface area contributed by atoms with E-state index < -0.39 is 0 Å². The SMILES string of the molecule is C=C[C@]1(C)C=C2CC[C@H]3[C@@](C)(CO)CCC[C@]3(C)[C@H]2[C@@H](O)C1. The summed E-state index contributed by atoms with van der Waals surface area (Å²) in [6.07, 6.45) is 10.6. The molecule has 3 aliphatic rings. The van der Waals surface area contributed by atoms with Crippen molar-refractivity contribution in [3.63, 3.8) is 0 Å². The van der Waals surface area contributed by atoms with Gasteiger partial charge in [-0.15, -0.1) is 6.58 Å². The minimum Gasteiger partial charge on any atom is -0.396 e. The lowest BCUT2D eigenvalue weighted by Crippen LogP contribution is -2.56. The molecule has 0 amide bonds. The van der Waals surface area contributed by atoms with E-state index in [0.717, 1.165) is 25.7 Å². The van der Waals surface area contributed by atoms with Gasteiger partial charge < -0.3 is 10.2 Å². The zero-order valence-electron chi connectivity index (χ0n) is 14.4. The lowest BCUT2D eigenvalue weighted by molar-refractivity contribution is -0.118. The number of hydrogen-bond donors (Lipinski definition) is 2. The standard InChI is InChI=1S/C20H32O2/c1-5-18(2)11-14-7-8-16-19(3,13-21)9-6-10-20(16,4)17(14)15(22)12-18/h5,11,15-17,21-22H,1,6-10,12-13H2,2-4H3/t15-,16-,17+,18+,19+,20-/m0/s1. The van der Waals surface area contributed by atoms with E-state index in [4.69, 9.17) is 0 Å². The van der Waals surface area contributed by atoms with E-state index in [0.29, 0.717) is 5.92 Å². The van der Waals surface area contributed by atoms with Crippen molar-refractivity contribution in [1.29, 1.82) is 0 Å². The molecule has 2 saturated carbocycles. The Hall–Kier alpha value is -0.600. The van der Waals surface area contributed by atoms with E-state index in [9.17, 15) is 10.2 Å². The average molecular weight is 304 g/mol. The van der Waals surface area contributed by atoms with Crippen molar-refractivity contribution in [3.8, 4) is 0 Å². The van der Waals surface area contributed by atoms with E-state index in [1.54, 1.807) is 0 Å². The largest absolute Gasteiger partial charge is 0.396 e. The normalized spacial score (nSPS) is 51.5. The fourth-order valence-electron chi connectivity index (χ4n) is 6.19. The van der Waals surface area contributed by atoms with Gasteiger partial charge >= 0.3 is 0 Å². The van der Waals surface area contributed by atoms with E-state index >= 15 is 0 Å². The first-order chi connectivity index (χ1) is 10.3. The maximum absolute atomic E-state index is 11.0. The van der Waals surface area contributed by atoms with Gasteiger partial charge in [-0.05, 0) is 48.9 Å². The van der Waals surface area contributed by atoms with Crippen LogP contribution in [0.25, 0.3) is 0 Å². The average Bonchev–Trinajstić information content (AvgIpc) is 2.46. The number of aliphatic hydroxyl groups is 2. The fourth-order valence-corrected chi connectivity index (χ4v) is 6.19. The maximum atomic E-state index is 11.0. The highest BCUT2D eigenvalue weighted by molar-refractivity contribution is 5.28. The molecule has 0 aromatic heterocycles. The van der Waals surface area contributed by atoms with Crippen LogP contribution in [0.5, 0.6) is 0 Å². The van der Waals surface area contributed by atoms with Gasteiger partial charge in [0.15, 0.2) is 0 Å². The second kappa shape index (κ2) is 5.21. The quantitative estimate of drug-likeness (QED) is 0.755. The topological polar surface area (TPSA) is 40.5 Å². The number of hydrogen-bond acceptors (Lipinski definition) is 2. The molecule has 22 heavy (non-hydrogen) atoms. The smallest absolute Gasteiger partial charge is 0.0622 e. The van der Waals surface area contributed by atoms with Gasteiger partial charge in [0.1, 0.15) is 0 Å². The van der Waals surface area contributed by atoms with Gasteiger partial charge in [-0.25, -0.2) is 0 Å². The van der Waals surface area contributed by atoms with Crippen LogP contribution in [0, 0.1) is 28.1 Å². The van der Waals surface area contributed by atoms with Crippen molar-refractivity contribution < 1.29 is 10.2 Å². The predicted octanol–water partition coefficient (Wildman–Crippen LogP) is 4.08. The zero-order valence-corrected chi connectivity index (χ0v) is 14.4. The molecule has 0 aliphatic heterocycles. The summed E-state index contributed by atoms with van der Waals surface area (Å²) < 4.78 is 0. The third kappa shape index (κ3) is 2.22. The van der Waals surface area contributed by atoms with Gasteiger partial charge in [0, 0.05) is 17.9 Å². The Balaban J connectivity index is 2.02. The van der Waals surface area contributed by atoms with Crippen molar-refractivity contribution in [2.24, 2.45) is 28.1 Å². The highest BCUT2D eigenvalue weighted by Crippen LogP contribution is 2.63. The molecular weight excluding hydrogens is 272 g/mol. The van der Waals surface area contributed by atoms with Gasteiger partial charge in [0.05, 0.1) is 6.10 Å². The molecule has 0 aromatic carbocycles. The Morgan fingerprint density at radius 3 is 2.68 bits per heavy atom. The summed E-state index contributed by atoms with van der Waals surface area (Å²) in [5, 5.41) is 21.0. The summed E-state index contributed by atoms with van der Waals surface area (Å²) in [5.41, 5.74) is 1.53. The lowest BCUT2D eigenvalue weighted by atomic mass is 9.45. The van der Waals surface area contributed by atoms with E-state index in [1.165, 1.54) is 18.4 Å². The van der Waals surface area contributed by atoms with Crippen molar-refractivity contribution >= 4 is 0 Å². The van der Waals surface area contributed by atoms with E-state index in [2.05, 4.69) is 33.4 Å². The van der Waals surface area contributed by atoms with Crippen molar-refractivity contribution in [2.45, 2.75) is 65.4 Å². The van der Waals surface area contributed by atoms with Crippen LogP contribution < -0.4 is 0 Å². The Labute approximate surface area is 135 Å². The van der Waals surface area contributed by atoms with Crippen LogP contribution >= 0.6 is 0 Å². The van der Waals surface area contributed by atoms with Gasteiger partial charge in [-0.2, -0.15) is 0 Å². The molecule has 0 radical (unpaired) electrons. The van der Waals surface area contributed by atoms with E-state index in [1.807, 2.05) is 6.08 Å². The molecule has 2 N–H and O–H groups in total. The van der Waals surface area contributed by atoms with Crippen molar-refractivity contribution in [1.82, 2.24) is 0 Å². The summed E-state index contributed by atoms with van der Waals surface area (Å²) in [7, 11) is 0. The van der Waals surface area contributed by atoms with Gasteiger partial charge in [-0.1, -0.05) is 44.9 Å². The first-order valence-electron chi connectivity index (χ1n) is 8.92. The molecule has 0 aromatic rings. The van der Waals surface area contributed by atoms with E-state index in [-0.39, 0.29) is 34.9 Å². The minimum atomic E-state index is -0.281. The molecule has 0 heterocycles. The molecule has 3 aliphatic carbocycles. The molecule has 3 rings (SSSR count). The van der Waals surface area contributed by atoms with Crippen LogP contribution in [0.1, 0.15) is 59.3 Å². The lowest BCUT2D eigenvalue weighted by Gasteiger charge is -2.61. The maximum Gasteiger partial charge on any atom is 0.0622 e. The molecule has 0 saturated heterocycles. The third-order valence-electron chi connectivity index (χ3n) is 7.31. The second-order valence-corrected chi connectivity index (χ2v) is 8.94. The summed E-state index contributed by atoms with van der Waals surface area (Å²) in [4.78, 5) is 0. The van der Waals surface area contributed by atoms with Crippen LogP contribution in [-0.2, 0) is 0 Å². The minimum absolute atomic E-state index is 0.0252. The molecule has 6 atom stereocenters. The summed E-state index contributed by atoms with van der Waals surface area (Å²) in [5.74, 6) is 0.786. The second-order valence-electron chi connectivity index (χ2n) is 8.94. The van der Waals surface area contributed by atoms with Crippen LogP contribution in [0.15, 0.2) is 24.3 Å². The van der Waals surface area contributed by atoms with Crippen LogP contribution in [0.3, 0.4) is 0 Å². The van der Waals surface area contributed by atoms with Gasteiger partial charge in [-0.3, -0.25) is 0 Å². The summed E-state index contributed by atoms with van der Waals surface area (Å²) >= 11 is 0. The number of aliphatic hydroxyl groups excluding tert-OH is 2. The van der Waals surface area contributed by atoms with Crippen LogP contribution in [0.4, 0.5) is 0 Å². The van der Waals surface area contributed by atoms with Crippen molar-refractivity contribution in [2.75, 3.05) is 6.61 Å². The van der Waals surface area contributed by atoms with Gasteiger partial charge in [0.25, 0.3) is 0 Å². The molecule has 0 bridgehead atoms. The van der Waals surface area contributed by atoms with Gasteiger partial charge in [0.2, 0.25) is 0 Å². The first-order valence-corrected chi connectivity index (χ1v) is 8.92. The third-order valence-corrected chi connectivity index (χ3v) is 7.31. The Morgan fingerprint density at radius 1 is 1.32 bits per heavy atom. The number of fused-ring (bicyclic) bond motifs is 3. The molecule has 0 unspecified atom stereocenters. The monoisotopic (exact) mass is 304 g/mol. The van der Waals surface area contributed by atoms with Crippen LogP contribution in [-0.4, -0.2) is 22.9 Å². The molecule has 0 spiro atoms. The zero-order chi connectivity index (χ0) is 16.2. The predicted molar refractivity (Wildman–Crippen MR) is 90.4 cm³/mol. The molecule has 2 heteroatoms. The fraction of sp³-hybridized carbons (Fsp3) is 0.800. The Kier molecular flexibility index (Phi) is 3.85. The molecular formula is C20H32O2. The molecule has 2 fully saturated rings. The highest BCUT2D eigenvalue weighted by atomic mass is 16.3. The summed E-state index contributed by atoms with van der Waals surface area (Å²) in [6, 6.07) is 0. The number of allylic oxidation sites excluding steroid dienone is 2. The Morgan fingerprint density at radius 2 is 2.05 bits per heavy atom.